The lowest BCUT2D eigenvalue weighted by molar-refractivity contribution is 0.109. The zero-order valence-electron chi connectivity index (χ0n) is 15.3. The molecule has 0 radical (unpaired) electrons. The van der Waals surface area contributed by atoms with Crippen LogP contribution < -0.4 is 10.5 Å². The summed E-state index contributed by atoms with van der Waals surface area (Å²) in [4.78, 5) is 14.8. The van der Waals surface area contributed by atoms with Crippen molar-refractivity contribution in [2.45, 2.75) is 50.6 Å². The van der Waals surface area contributed by atoms with Crippen LogP contribution in [-0.4, -0.2) is 44.9 Å². The monoisotopic (exact) mass is 385 g/mol. The molecule has 5 heterocycles. The van der Waals surface area contributed by atoms with Crippen LogP contribution >= 0.6 is 11.8 Å². The Kier molecular flexibility index (Phi) is 4.61. The van der Waals surface area contributed by atoms with Gasteiger partial charge in [0.25, 0.3) is 5.56 Å². The van der Waals surface area contributed by atoms with Crippen LogP contribution in [0.5, 0.6) is 0 Å². The number of aromatic nitrogens is 4. The topological polar surface area (TPSA) is 73.1 Å². The smallest absolute Gasteiger partial charge is 0.267 e. The molecule has 0 saturated carbocycles. The van der Waals surface area contributed by atoms with E-state index in [4.69, 9.17) is 4.74 Å². The first-order chi connectivity index (χ1) is 13.3. The van der Waals surface area contributed by atoms with Crippen molar-refractivity contribution in [3.05, 3.63) is 45.0 Å². The predicted molar refractivity (Wildman–Crippen MR) is 104 cm³/mol. The average Bonchev–Trinajstić information content (AvgIpc) is 3.16. The molecule has 1 fully saturated rings. The molecule has 2 aromatic rings. The Morgan fingerprint density at radius 1 is 1.19 bits per heavy atom. The van der Waals surface area contributed by atoms with E-state index in [0.717, 1.165) is 78.7 Å². The van der Waals surface area contributed by atoms with E-state index in [0.29, 0.717) is 13.2 Å². The fraction of sp³-hybridized carbons (Fsp3) is 0.579. The van der Waals surface area contributed by atoms with E-state index in [-0.39, 0.29) is 11.6 Å². The number of ether oxygens (including phenoxy) is 1. The molecule has 5 rings (SSSR count). The van der Waals surface area contributed by atoms with Crippen molar-refractivity contribution in [3.8, 4) is 0 Å². The summed E-state index contributed by atoms with van der Waals surface area (Å²) in [5.74, 6) is 2.88. The van der Waals surface area contributed by atoms with Gasteiger partial charge in [-0.3, -0.25) is 4.79 Å². The highest BCUT2D eigenvalue weighted by Crippen LogP contribution is 2.27. The van der Waals surface area contributed by atoms with Crippen LogP contribution in [0.1, 0.15) is 35.4 Å². The van der Waals surface area contributed by atoms with E-state index in [1.165, 1.54) is 0 Å². The summed E-state index contributed by atoms with van der Waals surface area (Å²) in [5.41, 5.74) is 4.39. The Morgan fingerprint density at radius 2 is 2.15 bits per heavy atom. The fourth-order valence-corrected chi connectivity index (χ4v) is 5.13. The van der Waals surface area contributed by atoms with Gasteiger partial charge in [0.05, 0.1) is 37.2 Å². The van der Waals surface area contributed by atoms with Crippen LogP contribution in [0.2, 0.25) is 0 Å². The first-order valence-electron chi connectivity index (χ1n) is 9.65. The van der Waals surface area contributed by atoms with Gasteiger partial charge in [0.2, 0.25) is 0 Å². The molecule has 2 aromatic heterocycles. The number of rotatable bonds is 3. The SMILES string of the molecule is O=c1cc2c(nn1CC1CCCN1c1cc3c(nn1)CCOC3)CCSC2. The number of anilines is 1. The first-order valence-corrected chi connectivity index (χ1v) is 10.8. The molecule has 3 aliphatic heterocycles. The molecule has 0 bridgehead atoms. The normalized spacial score (nSPS) is 21.8. The number of hydrogen-bond acceptors (Lipinski definition) is 7. The second-order valence-electron chi connectivity index (χ2n) is 7.41. The summed E-state index contributed by atoms with van der Waals surface area (Å²) in [7, 11) is 0. The average molecular weight is 385 g/mol. The van der Waals surface area contributed by atoms with Crippen molar-refractivity contribution in [3.63, 3.8) is 0 Å². The van der Waals surface area contributed by atoms with Crippen molar-refractivity contribution in [2.75, 3.05) is 23.8 Å². The van der Waals surface area contributed by atoms with E-state index < -0.39 is 0 Å². The van der Waals surface area contributed by atoms with E-state index in [1.807, 2.05) is 11.8 Å². The van der Waals surface area contributed by atoms with Crippen LogP contribution in [0.3, 0.4) is 0 Å². The van der Waals surface area contributed by atoms with Crippen molar-refractivity contribution in [2.24, 2.45) is 0 Å². The van der Waals surface area contributed by atoms with Gasteiger partial charge in [-0.1, -0.05) is 0 Å². The maximum atomic E-state index is 12.5. The highest BCUT2D eigenvalue weighted by atomic mass is 32.2. The molecular weight excluding hydrogens is 362 g/mol. The summed E-state index contributed by atoms with van der Waals surface area (Å²) in [6.45, 7) is 2.88. The molecule has 7 nitrogen and oxygen atoms in total. The Balaban J connectivity index is 1.40. The number of hydrogen-bond donors (Lipinski definition) is 0. The predicted octanol–water partition coefficient (Wildman–Crippen LogP) is 1.56. The molecule has 27 heavy (non-hydrogen) atoms. The molecule has 0 aliphatic carbocycles. The van der Waals surface area contributed by atoms with E-state index in [1.54, 1.807) is 10.7 Å². The standard InChI is InChI=1S/C19H23N5O2S/c25-19-9-14-12-27-7-4-17(14)22-24(19)10-15-2-1-5-23(15)18-8-13-11-26-6-3-16(13)20-21-18/h8-9,15H,1-7,10-12H2. The van der Waals surface area contributed by atoms with Crippen molar-refractivity contribution in [1.29, 1.82) is 0 Å². The zero-order chi connectivity index (χ0) is 18.2. The van der Waals surface area contributed by atoms with Gasteiger partial charge in [0.1, 0.15) is 0 Å². The molecule has 142 valence electrons. The molecular formula is C19H23N5O2S. The van der Waals surface area contributed by atoms with Gasteiger partial charge in [-0.05, 0) is 30.2 Å². The maximum Gasteiger partial charge on any atom is 0.267 e. The fourth-order valence-electron chi connectivity index (χ4n) is 4.18. The van der Waals surface area contributed by atoms with Crippen LogP contribution in [0.15, 0.2) is 16.9 Å². The Hall–Kier alpha value is -1.93. The van der Waals surface area contributed by atoms with Gasteiger partial charge in [-0.25, -0.2) is 4.68 Å². The quantitative estimate of drug-likeness (QED) is 0.794. The van der Waals surface area contributed by atoms with Crippen LogP contribution in [0.4, 0.5) is 5.82 Å². The minimum atomic E-state index is 0.00743. The Labute approximate surface area is 162 Å². The lowest BCUT2D eigenvalue weighted by Gasteiger charge is -2.27. The highest BCUT2D eigenvalue weighted by molar-refractivity contribution is 7.98. The van der Waals surface area contributed by atoms with Crippen LogP contribution in [-0.2, 0) is 36.5 Å². The van der Waals surface area contributed by atoms with Gasteiger partial charge >= 0.3 is 0 Å². The van der Waals surface area contributed by atoms with Gasteiger partial charge in [0.15, 0.2) is 5.82 Å². The Morgan fingerprint density at radius 3 is 3.11 bits per heavy atom. The van der Waals surface area contributed by atoms with Gasteiger partial charge in [0, 0.05) is 36.8 Å². The van der Waals surface area contributed by atoms with Gasteiger partial charge in [-0.15, -0.1) is 5.10 Å². The largest absolute Gasteiger partial charge is 0.376 e. The number of fused-ring (bicyclic) bond motifs is 2. The third kappa shape index (κ3) is 3.36. The van der Waals surface area contributed by atoms with E-state index in [9.17, 15) is 4.79 Å². The summed E-state index contributed by atoms with van der Waals surface area (Å²) < 4.78 is 7.22. The molecule has 1 saturated heterocycles. The Bertz CT molecular complexity index is 915. The molecule has 3 aliphatic rings. The lowest BCUT2D eigenvalue weighted by Crippen LogP contribution is -2.38. The number of nitrogens with zero attached hydrogens (tertiary/aromatic N) is 5. The molecule has 0 spiro atoms. The minimum absolute atomic E-state index is 0.00743. The second-order valence-corrected chi connectivity index (χ2v) is 8.51. The molecule has 0 amide bonds. The van der Waals surface area contributed by atoms with Crippen LogP contribution in [0.25, 0.3) is 0 Å². The highest BCUT2D eigenvalue weighted by Gasteiger charge is 2.28. The summed E-state index contributed by atoms with van der Waals surface area (Å²) in [5, 5.41) is 13.6. The van der Waals surface area contributed by atoms with Gasteiger partial charge < -0.3 is 9.64 Å². The number of thioether (sulfide) groups is 1. The molecule has 1 atom stereocenters. The molecule has 1 unspecified atom stereocenters. The summed E-state index contributed by atoms with van der Waals surface area (Å²) in [6.07, 6.45) is 3.91. The number of aryl methyl sites for hydroxylation is 1. The van der Waals surface area contributed by atoms with E-state index >= 15 is 0 Å². The van der Waals surface area contributed by atoms with Gasteiger partial charge in [-0.2, -0.15) is 22.0 Å². The third-order valence-electron chi connectivity index (χ3n) is 5.65. The van der Waals surface area contributed by atoms with E-state index in [2.05, 4.69) is 26.3 Å². The molecule has 0 N–H and O–H groups in total. The maximum absolute atomic E-state index is 12.5. The third-order valence-corrected chi connectivity index (χ3v) is 6.66. The molecule has 8 heteroatoms. The second kappa shape index (κ2) is 7.24. The van der Waals surface area contributed by atoms with Crippen molar-refractivity contribution < 1.29 is 4.74 Å². The molecule has 0 aromatic carbocycles. The summed E-state index contributed by atoms with van der Waals surface area (Å²) in [6, 6.07) is 4.12. The zero-order valence-corrected chi connectivity index (χ0v) is 16.1. The van der Waals surface area contributed by atoms with Crippen molar-refractivity contribution >= 4 is 17.6 Å². The summed E-state index contributed by atoms with van der Waals surface area (Å²) >= 11 is 1.87. The first kappa shape index (κ1) is 17.2. The minimum Gasteiger partial charge on any atom is -0.376 e. The van der Waals surface area contributed by atoms with Crippen LogP contribution in [0, 0.1) is 0 Å². The lowest BCUT2D eigenvalue weighted by atomic mass is 10.1. The van der Waals surface area contributed by atoms with Crippen molar-refractivity contribution in [1.82, 2.24) is 20.0 Å².